The van der Waals surface area contributed by atoms with Crippen molar-refractivity contribution in [3.8, 4) is 0 Å². The Kier molecular flexibility index (Phi) is 8.05. The number of rotatable bonds is 9. The van der Waals surface area contributed by atoms with Gasteiger partial charge in [0.2, 0.25) is 5.91 Å². The molecule has 2 aromatic rings. The van der Waals surface area contributed by atoms with Crippen molar-refractivity contribution in [2.45, 2.75) is 55.9 Å². The summed E-state index contributed by atoms with van der Waals surface area (Å²) < 4.78 is 0. The van der Waals surface area contributed by atoms with Gasteiger partial charge in [-0.2, -0.15) is 0 Å². The van der Waals surface area contributed by atoms with Crippen molar-refractivity contribution in [1.82, 2.24) is 10.6 Å². The van der Waals surface area contributed by atoms with Crippen LogP contribution >= 0.6 is 11.8 Å². The lowest BCUT2D eigenvalue weighted by Gasteiger charge is -2.21. The third kappa shape index (κ3) is 7.09. The zero-order chi connectivity index (χ0) is 23.0. The lowest BCUT2D eigenvalue weighted by Crippen LogP contribution is -2.31. The van der Waals surface area contributed by atoms with Gasteiger partial charge in [-0.1, -0.05) is 37.5 Å². The van der Waals surface area contributed by atoms with Gasteiger partial charge >= 0.3 is 0 Å². The minimum atomic E-state index is -0.263. The van der Waals surface area contributed by atoms with Crippen molar-refractivity contribution >= 4 is 35.2 Å². The molecular weight excluding hydrogens is 434 g/mol. The lowest BCUT2D eigenvalue weighted by atomic mass is 9.89. The van der Waals surface area contributed by atoms with Crippen LogP contribution < -0.4 is 16.0 Å². The Hall–Kier alpha value is -2.80. The minimum absolute atomic E-state index is 0.00448. The summed E-state index contributed by atoms with van der Waals surface area (Å²) in [6.07, 6.45) is 8.25. The second kappa shape index (κ2) is 11.4. The predicted octanol–water partition coefficient (Wildman–Crippen LogP) is 4.62. The normalized spacial score (nSPS) is 16.1. The molecule has 0 spiro atoms. The van der Waals surface area contributed by atoms with Crippen LogP contribution in [0.1, 0.15) is 65.7 Å². The highest BCUT2D eigenvalue weighted by molar-refractivity contribution is 8.00. The van der Waals surface area contributed by atoms with Crippen molar-refractivity contribution in [3.63, 3.8) is 0 Å². The van der Waals surface area contributed by atoms with Gasteiger partial charge in [0.15, 0.2) is 0 Å². The number of carbonyl (C=O) groups excluding carboxylic acids is 3. The van der Waals surface area contributed by atoms with E-state index in [2.05, 4.69) is 16.0 Å². The standard InChI is InChI=1S/C26H31N3O3S/c30-24(27-16-18-7-2-1-3-8-18)17-33-23-12-5-4-11-22(23)26(32)29-21-10-6-9-19(15-21)25(31)28-20-13-14-20/h4-6,9-12,15,18,20H,1-3,7-8,13-14,16-17H2,(H,27,30)(H,28,31)(H,29,32). The number of benzene rings is 2. The number of hydrogen-bond acceptors (Lipinski definition) is 4. The summed E-state index contributed by atoms with van der Waals surface area (Å²) in [5, 5.41) is 8.89. The first-order valence-corrected chi connectivity index (χ1v) is 12.8. The molecule has 2 aliphatic carbocycles. The fourth-order valence-electron chi connectivity index (χ4n) is 4.06. The smallest absolute Gasteiger partial charge is 0.256 e. The molecule has 174 valence electrons. The molecular formula is C26H31N3O3S. The molecule has 7 heteroatoms. The lowest BCUT2D eigenvalue weighted by molar-refractivity contribution is -0.118. The monoisotopic (exact) mass is 465 g/mol. The van der Waals surface area contributed by atoms with Crippen molar-refractivity contribution < 1.29 is 14.4 Å². The summed E-state index contributed by atoms with van der Waals surface area (Å²) in [6, 6.07) is 14.5. The highest BCUT2D eigenvalue weighted by atomic mass is 32.2. The van der Waals surface area contributed by atoms with Gasteiger partial charge in [-0.25, -0.2) is 0 Å². The Labute approximate surface area is 199 Å². The van der Waals surface area contributed by atoms with Crippen LogP contribution in [0.15, 0.2) is 53.4 Å². The van der Waals surface area contributed by atoms with Crippen LogP contribution in [0.25, 0.3) is 0 Å². The van der Waals surface area contributed by atoms with Crippen LogP contribution in [0, 0.1) is 5.92 Å². The Morgan fingerprint density at radius 2 is 1.67 bits per heavy atom. The predicted molar refractivity (Wildman–Crippen MR) is 132 cm³/mol. The molecule has 0 saturated heterocycles. The zero-order valence-corrected chi connectivity index (χ0v) is 19.6. The molecule has 6 nitrogen and oxygen atoms in total. The van der Waals surface area contributed by atoms with Gasteiger partial charge in [0, 0.05) is 28.7 Å². The number of amides is 3. The van der Waals surface area contributed by atoms with E-state index in [0.29, 0.717) is 22.7 Å². The molecule has 0 heterocycles. The summed E-state index contributed by atoms with van der Waals surface area (Å²) >= 11 is 1.37. The summed E-state index contributed by atoms with van der Waals surface area (Å²) in [7, 11) is 0. The number of thioether (sulfide) groups is 1. The van der Waals surface area contributed by atoms with Crippen molar-refractivity contribution in [3.05, 3.63) is 59.7 Å². The fourth-order valence-corrected chi connectivity index (χ4v) is 4.94. The summed E-state index contributed by atoms with van der Waals surface area (Å²) in [5.41, 5.74) is 1.60. The molecule has 33 heavy (non-hydrogen) atoms. The molecule has 4 rings (SSSR count). The van der Waals surface area contributed by atoms with E-state index in [-0.39, 0.29) is 29.5 Å². The van der Waals surface area contributed by atoms with E-state index in [1.165, 1.54) is 43.9 Å². The largest absolute Gasteiger partial charge is 0.355 e. The minimum Gasteiger partial charge on any atom is -0.355 e. The molecule has 0 unspecified atom stereocenters. The third-order valence-electron chi connectivity index (χ3n) is 6.10. The average Bonchev–Trinajstić information content (AvgIpc) is 3.66. The van der Waals surface area contributed by atoms with Crippen LogP contribution in [0.4, 0.5) is 5.69 Å². The van der Waals surface area contributed by atoms with E-state index in [1.807, 2.05) is 18.2 Å². The third-order valence-corrected chi connectivity index (χ3v) is 7.17. The van der Waals surface area contributed by atoms with Gasteiger partial charge in [0.05, 0.1) is 11.3 Å². The van der Waals surface area contributed by atoms with Crippen molar-refractivity contribution in [1.29, 1.82) is 0 Å². The molecule has 0 aliphatic heterocycles. The van der Waals surface area contributed by atoms with E-state index in [4.69, 9.17) is 0 Å². The maximum Gasteiger partial charge on any atom is 0.256 e. The van der Waals surface area contributed by atoms with E-state index >= 15 is 0 Å². The van der Waals surface area contributed by atoms with Crippen LogP contribution in [-0.4, -0.2) is 36.1 Å². The van der Waals surface area contributed by atoms with Gasteiger partial charge < -0.3 is 16.0 Å². The number of carbonyl (C=O) groups is 3. The molecule has 3 N–H and O–H groups in total. The summed E-state index contributed by atoms with van der Waals surface area (Å²) in [4.78, 5) is 38.3. The molecule has 2 fully saturated rings. The Bertz CT molecular complexity index is 1000. The average molecular weight is 466 g/mol. The van der Waals surface area contributed by atoms with Crippen LogP contribution in [0.2, 0.25) is 0 Å². The van der Waals surface area contributed by atoms with Gasteiger partial charge in [-0.3, -0.25) is 14.4 Å². The number of anilines is 1. The SMILES string of the molecule is O=C(CSc1ccccc1C(=O)Nc1cccc(C(=O)NC2CC2)c1)NCC1CCCCC1. The second-order valence-electron chi connectivity index (χ2n) is 8.88. The highest BCUT2D eigenvalue weighted by Crippen LogP contribution is 2.25. The quantitative estimate of drug-likeness (QED) is 0.472. The maximum atomic E-state index is 13.0. The van der Waals surface area contributed by atoms with E-state index in [9.17, 15) is 14.4 Å². The number of hydrogen-bond donors (Lipinski definition) is 3. The molecule has 0 atom stereocenters. The highest BCUT2D eigenvalue weighted by Gasteiger charge is 2.24. The van der Waals surface area contributed by atoms with Crippen LogP contribution in [0.5, 0.6) is 0 Å². The van der Waals surface area contributed by atoms with Crippen molar-refractivity contribution in [2.75, 3.05) is 17.6 Å². The van der Waals surface area contributed by atoms with Gasteiger partial charge in [-0.05, 0) is 61.9 Å². The molecule has 2 saturated carbocycles. The summed E-state index contributed by atoms with van der Waals surface area (Å²) in [6.45, 7) is 0.742. The molecule has 2 aromatic carbocycles. The first kappa shape index (κ1) is 23.4. The molecule has 3 amide bonds. The zero-order valence-electron chi connectivity index (χ0n) is 18.8. The first-order valence-electron chi connectivity index (χ1n) is 11.8. The topological polar surface area (TPSA) is 87.3 Å². The van der Waals surface area contributed by atoms with E-state index < -0.39 is 0 Å². The fraction of sp³-hybridized carbons (Fsp3) is 0.423. The Morgan fingerprint density at radius 1 is 0.879 bits per heavy atom. The van der Waals surface area contributed by atoms with E-state index in [1.54, 1.807) is 30.3 Å². The Morgan fingerprint density at radius 3 is 2.45 bits per heavy atom. The molecule has 0 aromatic heterocycles. The summed E-state index contributed by atoms with van der Waals surface area (Å²) in [5.74, 6) is 0.473. The molecule has 0 bridgehead atoms. The van der Waals surface area contributed by atoms with E-state index in [0.717, 1.165) is 24.3 Å². The van der Waals surface area contributed by atoms with Gasteiger partial charge in [-0.15, -0.1) is 11.8 Å². The maximum absolute atomic E-state index is 13.0. The van der Waals surface area contributed by atoms with Crippen LogP contribution in [0.3, 0.4) is 0 Å². The second-order valence-corrected chi connectivity index (χ2v) is 9.89. The number of nitrogens with one attached hydrogen (secondary N) is 3. The first-order chi connectivity index (χ1) is 16.1. The van der Waals surface area contributed by atoms with Crippen molar-refractivity contribution in [2.24, 2.45) is 5.92 Å². The Balaban J connectivity index is 1.32. The van der Waals surface area contributed by atoms with Crippen LogP contribution in [-0.2, 0) is 4.79 Å². The van der Waals surface area contributed by atoms with Gasteiger partial charge in [0.1, 0.15) is 0 Å². The molecule has 0 radical (unpaired) electrons. The van der Waals surface area contributed by atoms with Gasteiger partial charge in [0.25, 0.3) is 11.8 Å². The molecule has 2 aliphatic rings.